The quantitative estimate of drug-likeness (QED) is 0.720. The molecule has 0 bridgehead atoms. The zero-order chi connectivity index (χ0) is 8.48. The van der Waals surface area contributed by atoms with Gasteiger partial charge in [-0.05, 0) is 32.6 Å². The number of amides is 1. The molecule has 0 heterocycles. The Morgan fingerprint density at radius 2 is 2.18 bits per heavy atom. The van der Waals surface area contributed by atoms with Crippen LogP contribution in [0.15, 0.2) is 0 Å². The van der Waals surface area contributed by atoms with Gasteiger partial charge in [-0.3, -0.25) is 4.79 Å². The summed E-state index contributed by atoms with van der Waals surface area (Å²) in [5.74, 6) is 0.846. The Hall–Kier alpha value is -0.0500. The van der Waals surface area contributed by atoms with Crippen LogP contribution < -0.4 is 5.32 Å². The summed E-state index contributed by atoms with van der Waals surface area (Å²) in [5.41, 5.74) is 0. The van der Waals surface area contributed by atoms with Crippen molar-refractivity contribution in [3.63, 3.8) is 0 Å². The minimum Gasteiger partial charge on any atom is -0.355 e. The van der Waals surface area contributed by atoms with Crippen molar-refractivity contribution in [2.24, 2.45) is 5.92 Å². The van der Waals surface area contributed by atoms with E-state index >= 15 is 0 Å². The van der Waals surface area contributed by atoms with Gasteiger partial charge in [0.25, 0.3) is 0 Å². The molecule has 1 amide bonds. The van der Waals surface area contributed by atoms with Crippen molar-refractivity contribution < 1.29 is 4.79 Å². The van der Waals surface area contributed by atoms with Gasteiger partial charge < -0.3 is 5.32 Å². The molecule has 1 rings (SSSR count). The molecule has 1 aliphatic rings. The van der Waals surface area contributed by atoms with E-state index in [0.717, 1.165) is 12.5 Å². The van der Waals surface area contributed by atoms with Crippen LogP contribution in [0.25, 0.3) is 0 Å². The largest absolute Gasteiger partial charge is 0.355 e. The lowest BCUT2D eigenvalue weighted by Crippen LogP contribution is -2.38. The van der Waals surface area contributed by atoms with E-state index in [-0.39, 0.29) is 5.91 Å². The van der Waals surface area contributed by atoms with Gasteiger partial charge in [0.1, 0.15) is 0 Å². The van der Waals surface area contributed by atoms with Crippen LogP contribution in [0.3, 0.4) is 0 Å². The maximum absolute atomic E-state index is 11.2. The van der Waals surface area contributed by atoms with E-state index in [0.29, 0.717) is 0 Å². The molecule has 3 heteroatoms. The van der Waals surface area contributed by atoms with Crippen molar-refractivity contribution >= 4 is 21.8 Å². The van der Waals surface area contributed by atoms with E-state index in [4.69, 9.17) is 0 Å². The molecule has 64 valence electrons. The van der Waals surface area contributed by atoms with Gasteiger partial charge in [0, 0.05) is 6.54 Å². The number of carbonyl (C=O) groups excluding carboxylic acids is 1. The van der Waals surface area contributed by atoms with Crippen LogP contribution in [0.1, 0.15) is 26.7 Å². The van der Waals surface area contributed by atoms with Gasteiger partial charge in [-0.1, -0.05) is 15.9 Å². The lowest BCUT2D eigenvalue weighted by molar-refractivity contribution is -0.122. The summed E-state index contributed by atoms with van der Waals surface area (Å²) in [6, 6.07) is 0. The second-order valence-electron chi connectivity index (χ2n) is 3.63. The van der Waals surface area contributed by atoms with Crippen LogP contribution in [-0.4, -0.2) is 16.8 Å². The molecule has 0 aromatic rings. The highest BCUT2D eigenvalue weighted by Crippen LogP contribution is 2.28. The number of hydrogen-bond donors (Lipinski definition) is 1. The van der Waals surface area contributed by atoms with Gasteiger partial charge in [0.15, 0.2) is 0 Å². The maximum Gasteiger partial charge on any atom is 0.236 e. The first kappa shape index (κ1) is 9.04. The fourth-order valence-corrected chi connectivity index (χ4v) is 0.909. The third kappa shape index (κ3) is 3.23. The lowest BCUT2D eigenvalue weighted by Gasteiger charge is -2.15. The molecule has 0 radical (unpaired) electrons. The molecule has 1 aliphatic carbocycles. The van der Waals surface area contributed by atoms with Crippen LogP contribution in [0.2, 0.25) is 0 Å². The topological polar surface area (TPSA) is 29.1 Å². The van der Waals surface area contributed by atoms with Crippen LogP contribution in [-0.2, 0) is 4.79 Å². The second-order valence-corrected chi connectivity index (χ2v) is 5.61. The molecular formula is C8H14BrNO. The first-order valence-electron chi connectivity index (χ1n) is 3.97. The summed E-state index contributed by atoms with van der Waals surface area (Å²) < 4.78 is -0.415. The van der Waals surface area contributed by atoms with Crippen LogP contribution in [0, 0.1) is 5.92 Å². The van der Waals surface area contributed by atoms with Crippen molar-refractivity contribution in [3.8, 4) is 0 Å². The molecule has 0 atom stereocenters. The highest BCUT2D eigenvalue weighted by molar-refractivity contribution is 9.10. The number of alkyl halides is 1. The molecule has 0 unspecified atom stereocenters. The van der Waals surface area contributed by atoms with Crippen molar-refractivity contribution in [2.75, 3.05) is 6.54 Å². The van der Waals surface area contributed by atoms with Crippen LogP contribution >= 0.6 is 15.9 Å². The molecule has 1 N–H and O–H groups in total. The average molecular weight is 220 g/mol. The molecule has 0 aromatic heterocycles. The third-order valence-corrected chi connectivity index (χ3v) is 2.15. The van der Waals surface area contributed by atoms with Crippen molar-refractivity contribution in [1.82, 2.24) is 5.32 Å². The van der Waals surface area contributed by atoms with Crippen LogP contribution in [0.5, 0.6) is 0 Å². The van der Waals surface area contributed by atoms with Crippen molar-refractivity contribution in [2.45, 2.75) is 31.0 Å². The standard InChI is InChI=1S/C8H14BrNO/c1-8(2,9)7(11)10-5-6-3-4-6/h6H,3-5H2,1-2H3,(H,10,11). The van der Waals surface area contributed by atoms with Crippen molar-refractivity contribution in [1.29, 1.82) is 0 Å². The number of halogens is 1. The van der Waals surface area contributed by atoms with Crippen LogP contribution in [0.4, 0.5) is 0 Å². The van der Waals surface area contributed by atoms with Gasteiger partial charge in [0.2, 0.25) is 5.91 Å². The molecule has 0 aliphatic heterocycles. The smallest absolute Gasteiger partial charge is 0.236 e. The molecule has 0 aromatic carbocycles. The Labute approximate surface area is 75.9 Å². The first-order valence-corrected chi connectivity index (χ1v) is 4.76. The summed E-state index contributed by atoms with van der Waals surface area (Å²) in [6.45, 7) is 4.57. The number of carbonyl (C=O) groups is 1. The molecule has 2 nitrogen and oxygen atoms in total. The number of hydrogen-bond acceptors (Lipinski definition) is 1. The SMILES string of the molecule is CC(C)(Br)C(=O)NCC1CC1. The van der Waals surface area contributed by atoms with Gasteiger partial charge in [-0.25, -0.2) is 0 Å². The molecule has 1 saturated carbocycles. The molecule has 11 heavy (non-hydrogen) atoms. The Balaban J connectivity index is 2.19. The van der Waals surface area contributed by atoms with Gasteiger partial charge >= 0.3 is 0 Å². The lowest BCUT2D eigenvalue weighted by atomic mass is 10.2. The minimum absolute atomic E-state index is 0.0874. The normalized spacial score (nSPS) is 18.1. The second kappa shape index (κ2) is 3.13. The number of rotatable bonds is 3. The summed E-state index contributed by atoms with van der Waals surface area (Å²) >= 11 is 3.30. The Bertz CT molecular complexity index is 158. The third-order valence-electron chi connectivity index (χ3n) is 1.79. The Kier molecular flexibility index (Phi) is 2.58. The average Bonchev–Trinajstić information content (AvgIpc) is 2.62. The maximum atomic E-state index is 11.2. The predicted octanol–water partition coefficient (Wildman–Crippen LogP) is 1.69. The highest BCUT2D eigenvalue weighted by atomic mass is 79.9. The van der Waals surface area contributed by atoms with E-state index in [9.17, 15) is 4.79 Å². The van der Waals surface area contributed by atoms with E-state index in [1.54, 1.807) is 0 Å². The zero-order valence-electron chi connectivity index (χ0n) is 6.98. The summed E-state index contributed by atoms with van der Waals surface area (Å²) in [7, 11) is 0. The summed E-state index contributed by atoms with van der Waals surface area (Å²) in [4.78, 5) is 11.2. The minimum atomic E-state index is -0.415. The predicted molar refractivity (Wildman–Crippen MR) is 48.7 cm³/mol. The fraction of sp³-hybridized carbons (Fsp3) is 0.875. The van der Waals surface area contributed by atoms with E-state index < -0.39 is 4.32 Å². The number of nitrogens with one attached hydrogen (secondary N) is 1. The first-order chi connectivity index (χ1) is 5.00. The highest BCUT2D eigenvalue weighted by Gasteiger charge is 2.26. The Morgan fingerprint density at radius 1 is 1.64 bits per heavy atom. The van der Waals surface area contributed by atoms with E-state index in [2.05, 4.69) is 21.2 Å². The zero-order valence-corrected chi connectivity index (χ0v) is 8.57. The van der Waals surface area contributed by atoms with E-state index in [1.807, 2.05) is 13.8 Å². The molecular weight excluding hydrogens is 206 g/mol. The molecule has 0 spiro atoms. The van der Waals surface area contributed by atoms with Gasteiger partial charge in [-0.2, -0.15) is 0 Å². The molecule has 1 fully saturated rings. The monoisotopic (exact) mass is 219 g/mol. The van der Waals surface area contributed by atoms with E-state index in [1.165, 1.54) is 12.8 Å². The van der Waals surface area contributed by atoms with Gasteiger partial charge in [0.05, 0.1) is 4.32 Å². The summed E-state index contributed by atoms with van der Waals surface area (Å²) in [5, 5.41) is 2.90. The van der Waals surface area contributed by atoms with Crippen molar-refractivity contribution in [3.05, 3.63) is 0 Å². The summed E-state index contributed by atoms with van der Waals surface area (Å²) in [6.07, 6.45) is 2.56. The Morgan fingerprint density at radius 3 is 2.55 bits per heavy atom. The molecule has 0 saturated heterocycles. The fourth-order valence-electron chi connectivity index (χ4n) is 0.769. The van der Waals surface area contributed by atoms with Gasteiger partial charge in [-0.15, -0.1) is 0 Å².